The summed E-state index contributed by atoms with van der Waals surface area (Å²) in [5, 5.41) is 14.6. The molecule has 2 amide bonds. The molecule has 3 N–H and O–H groups in total. The Morgan fingerprint density at radius 3 is 2.18 bits per heavy atom. The van der Waals surface area contributed by atoms with Gasteiger partial charge in [0.2, 0.25) is 5.91 Å². The van der Waals surface area contributed by atoms with E-state index in [1.54, 1.807) is 0 Å². The molecule has 2 aromatic carbocycles. The van der Waals surface area contributed by atoms with Crippen LogP contribution in [0.1, 0.15) is 62.0 Å². The third-order valence-electron chi connectivity index (χ3n) is 6.89. The van der Waals surface area contributed by atoms with Crippen molar-refractivity contribution < 1.29 is 24.2 Å². The van der Waals surface area contributed by atoms with E-state index in [1.807, 2.05) is 36.4 Å². The highest BCUT2D eigenvalue weighted by molar-refractivity contribution is 5.86. The third kappa shape index (κ3) is 5.76. The van der Waals surface area contributed by atoms with Gasteiger partial charge in [-0.15, -0.1) is 0 Å². The second kappa shape index (κ2) is 11.2. The van der Waals surface area contributed by atoms with Gasteiger partial charge in [0.15, 0.2) is 0 Å². The van der Waals surface area contributed by atoms with Crippen LogP contribution in [0.5, 0.6) is 0 Å². The van der Waals surface area contributed by atoms with Crippen molar-refractivity contribution in [3.05, 3.63) is 59.7 Å². The molecule has 7 nitrogen and oxygen atoms in total. The van der Waals surface area contributed by atoms with Crippen molar-refractivity contribution in [3.8, 4) is 11.1 Å². The van der Waals surface area contributed by atoms with Gasteiger partial charge >= 0.3 is 12.1 Å². The Balaban J connectivity index is 1.36. The van der Waals surface area contributed by atoms with Gasteiger partial charge in [0.05, 0.1) is 0 Å². The second-order valence-corrected chi connectivity index (χ2v) is 9.20. The highest BCUT2D eigenvalue weighted by atomic mass is 16.5. The van der Waals surface area contributed by atoms with Crippen LogP contribution in [0.25, 0.3) is 11.1 Å². The van der Waals surface area contributed by atoms with Gasteiger partial charge in [-0.2, -0.15) is 0 Å². The van der Waals surface area contributed by atoms with E-state index in [2.05, 4.69) is 22.8 Å². The van der Waals surface area contributed by atoms with E-state index in [0.717, 1.165) is 35.1 Å². The first-order chi connectivity index (χ1) is 16.5. The number of nitrogens with one attached hydrogen (secondary N) is 2. The SMILES string of the molecule is O=C(O)CCC(NC(=O)OCC1c2ccccc2-c2ccccc21)C(=O)NCC1CCCCC1. The Bertz CT molecular complexity index is 986. The number of carboxylic acids is 1. The zero-order valence-corrected chi connectivity index (χ0v) is 19.3. The van der Waals surface area contributed by atoms with Gasteiger partial charge in [-0.1, -0.05) is 67.8 Å². The first kappa shape index (κ1) is 23.8. The van der Waals surface area contributed by atoms with Crippen molar-refractivity contribution in [2.45, 2.75) is 56.9 Å². The smallest absolute Gasteiger partial charge is 0.407 e. The summed E-state index contributed by atoms with van der Waals surface area (Å²) in [6, 6.07) is 15.2. The summed E-state index contributed by atoms with van der Waals surface area (Å²) in [6.07, 6.45) is 4.81. The number of rotatable bonds is 9. The van der Waals surface area contributed by atoms with Gasteiger partial charge in [-0.3, -0.25) is 9.59 Å². The molecule has 7 heteroatoms. The summed E-state index contributed by atoms with van der Waals surface area (Å²) in [7, 11) is 0. The summed E-state index contributed by atoms with van der Waals surface area (Å²) < 4.78 is 5.54. The highest BCUT2D eigenvalue weighted by Gasteiger charge is 2.30. The van der Waals surface area contributed by atoms with Crippen molar-refractivity contribution in [1.29, 1.82) is 0 Å². The Morgan fingerprint density at radius 1 is 0.941 bits per heavy atom. The quantitative estimate of drug-likeness (QED) is 0.508. The first-order valence-electron chi connectivity index (χ1n) is 12.1. The number of hydrogen-bond acceptors (Lipinski definition) is 4. The van der Waals surface area contributed by atoms with E-state index in [-0.39, 0.29) is 31.3 Å². The monoisotopic (exact) mass is 464 g/mol. The molecule has 0 aliphatic heterocycles. The molecule has 2 aromatic rings. The molecule has 180 valence electrons. The number of ether oxygens (including phenoxy) is 1. The van der Waals surface area contributed by atoms with Crippen LogP contribution in [0.3, 0.4) is 0 Å². The third-order valence-corrected chi connectivity index (χ3v) is 6.89. The maximum atomic E-state index is 12.7. The van der Waals surface area contributed by atoms with E-state index < -0.39 is 18.1 Å². The second-order valence-electron chi connectivity index (χ2n) is 9.20. The number of amides is 2. The predicted molar refractivity (Wildman–Crippen MR) is 128 cm³/mol. The maximum Gasteiger partial charge on any atom is 0.407 e. The average Bonchev–Trinajstić information content (AvgIpc) is 3.18. The normalized spacial score (nSPS) is 16.2. The molecule has 1 fully saturated rings. The number of alkyl carbamates (subject to hydrolysis) is 1. The molecule has 0 saturated heterocycles. The number of carbonyl (C=O) groups excluding carboxylic acids is 2. The number of benzene rings is 2. The lowest BCUT2D eigenvalue weighted by molar-refractivity contribution is -0.137. The van der Waals surface area contributed by atoms with Crippen LogP contribution >= 0.6 is 0 Å². The molecule has 0 spiro atoms. The molecule has 2 aliphatic rings. The summed E-state index contributed by atoms with van der Waals surface area (Å²) in [5.74, 6) is -1.03. The minimum Gasteiger partial charge on any atom is -0.481 e. The zero-order valence-electron chi connectivity index (χ0n) is 19.3. The van der Waals surface area contributed by atoms with E-state index in [9.17, 15) is 14.4 Å². The van der Waals surface area contributed by atoms with Crippen LogP contribution in [0.4, 0.5) is 4.79 Å². The fraction of sp³-hybridized carbons (Fsp3) is 0.444. The minimum atomic E-state index is -1.01. The minimum absolute atomic E-state index is 0.00995. The van der Waals surface area contributed by atoms with Crippen LogP contribution in [0.15, 0.2) is 48.5 Å². The van der Waals surface area contributed by atoms with Crippen molar-refractivity contribution in [3.63, 3.8) is 0 Å². The number of carboxylic acid groups (broad SMARTS) is 1. The van der Waals surface area contributed by atoms with E-state index >= 15 is 0 Å². The van der Waals surface area contributed by atoms with Crippen LogP contribution in [-0.4, -0.2) is 42.3 Å². The zero-order chi connectivity index (χ0) is 23.9. The van der Waals surface area contributed by atoms with Crippen LogP contribution in [0.2, 0.25) is 0 Å². The molecule has 4 rings (SSSR count). The molecule has 0 bridgehead atoms. The summed E-state index contributed by atoms with van der Waals surface area (Å²) >= 11 is 0. The van der Waals surface area contributed by atoms with Crippen molar-refractivity contribution >= 4 is 18.0 Å². The van der Waals surface area contributed by atoms with E-state index in [4.69, 9.17) is 9.84 Å². The lowest BCUT2D eigenvalue weighted by Gasteiger charge is -2.24. The number of aliphatic carboxylic acids is 1. The molecule has 2 aliphatic carbocycles. The van der Waals surface area contributed by atoms with Crippen LogP contribution in [0, 0.1) is 5.92 Å². The van der Waals surface area contributed by atoms with Gasteiger partial charge in [0.1, 0.15) is 12.6 Å². The Hall–Kier alpha value is -3.35. The lowest BCUT2D eigenvalue weighted by Crippen LogP contribution is -2.48. The molecule has 0 radical (unpaired) electrons. The molecular formula is C27H32N2O5. The van der Waals surface area contributed by atoms with Gasteiger partial charge in [-0.25, -0.2) is 4.79 Å². The maximum absolute atomic E-state index is 12.7. The molecule has 0 aromatic heterocycles. The molecular weight excluding hydrogens is 432 g/mol. The highest BCUT2D eigenvalue weighted by Crippen LogP contribution is 2.44. The topological polar surface area (TPSA) is 105 Å². The van der Waals surface area contributed by atoms with Crippen LogP contribution < -0.4 is 10.6 Å². The number of hydrogen-bond donors (Lipinski definition) is 3. The van der Waals surface area contributed by atoms with Crippen molar-refractivity contribution in [2.75, 3.05) is 13.2 Å². The van der Waals surface area contributed by atoms with Crippen molar-refractivity contribution in [2.24, 2.45) is 5.92 Å². The van der Waals surface area contributed by atoms with Gasteiger partial charge < -0.3 is 20.5 Å². The lowest BCUT2D eigenvalue weighted by atomic mass is 9.89. The Labute approximate surface area is 199 Å². The van der Waals surface area contributed by atoms with Gasteiger partial charge in [0.25, 0.3) is 0 Å². The largest absolute Gasteiger partial charge is 0.481 e. The van der Waals surface area contributed by atoms with Crippen molar-refractivity contribution in [1.82, 2.24) is 10.6 Å². The standard InChI is InChI=1S/C27H32N2O5/c30-25(31)15-14-24(26(32)28-16-18-8-2-1-3-9-18)29-27(33)34-17-23-21-12-6-4-10-19(21)20-11-5-7-13-22(20)23/h4-7,10-13,18,23-24H,1-3,8-9,14-17H2,(H,28,32)(H,29,33)(H,30,31). The number of fused-ring (bicyclic) bond motifs is 3. The van der Waals surface area contributed by atoms with Gasteiger partial charge in [0, 0.05) is 18.9 Å². The van der Waals surface area contributed by atoms with Crippen LogP contribution in [-0.2, 0) is 14.3 Å². The Kier molecular flexibility index (Phi) is 7.83. The number of carbonyl (C=O) groups is 3. The first-order valence-corrected chi connectivity index (χ1v) is 12.1. The van der Waals surface area contributed by atoms with E-state index in [1.165, 1.54) is 19.3 Å². The summed E-state index contributed by atoms with van der Waals surface area (Å²) in [5.41, 5.74) is 4.47. The molecule has 0 heterocycles. The average molecular weight is 465 g/mol. The molecule has 1 saturated carbocycles. The molecule has 34 heavy (non-hydrogen) atoms. The predicted octanol–water partition coefficient (Wildman–Crippen LogP) is 4.46. The fourth-order valence-electron chi connectivity index (χ4n) is 5.08. The molecule has 1 atom stereocenters. The summed E-state index contributed by atoms with van der Waals surface area (Å²) in [6.45, 7) is 0.685. The molecule has 1 unspecified atom stereocenters. The summed E-state index contributed by atoms with van der Waals surface area (Å²) in [4.78, 5) is 36.5. The fourth-order valence-corrected chi connectivity index (χ4v) is 5.08. The van der Waals surface area contributed by atoms with E-state index in [0.29, 0.717) is 12.5 Å². The van der Waals surface area contributed by atoms with Gasteiger partial charge in [-0.05, 0) is 47.4 Å². The Morgan fingerprint density at radius 2 is 1.56 bits per heavy atom.